The number of hydrogen-bond acceptors (Lipinski definition) is 6. The molecule has 0 radical (unpaired) electrons. The van der Waals surface area contributed by atoms with Crippen molar-refractivity contribution in [1.29, 1.82) is 0 Å². The Morgan fingerprint density at radius 3 is 2.75 bits per heavy atom. The van der Waals surface area contributed by atoms with E-state index in [0.717, 1.165) is 9.88 Å². The summed E-state index contributed by atoms with van der Waals surface area (Å²) in [7, 11) is 0. The lowest BCUT2D eigenvalue weighted by Crippen LogP contribution is -2.35. The van der Waals surface area contributed by atoms with E-state index in [1.54, 1.807) is 16.7 Å². The summed E-state index contributed by atoms with van der Waals surface area (Å²) in [6.45, 7) is 0.595. The molecule has 108 valence electrons. The molecule has 0 fully saturated rings. The van der Waals surface area contributed by atoms with Crippen molar-refractivity contribution >= 4 is 28.6 Å². The number of thiophene rings is 1. The normalized spacial score (nSPS) is 10.7. The van der Waals surface area contributed by atoms with Crippen LogP contribution in [0.4, 0.5) is 0 Å². The molecule has 0 atom stereocenters. The van der Waals surface area contributed by atoms with E-state index in [9.17, 15) is 4.79 Å². The van der Waals surface area contributed by atoms with Gasteiger partial charge in [-0.2, -0.15) is 0 Å². The molecule has 0 aliphatic carbocycles. The smallest absolute Gasteiger partial charge is 0.273 e. The summed E-state index contributed by atoms with van der Waals surface area (Å²) < 4.78 is 0. The third-order valence-electron chi connectivity index (χ3n) is 2.70. The lowest BCUT2D eigenvalue weighted by molar-refractivity contribution is 0.0705. The Bertz CT molecular complexity index is 540. The zero-order valence-corrected chi connectivity index (χ0v) is 12.5. The first kappa shape index (κ1) is 15.1. The zero-order valence-electron chi connectivity index (χ0n) is 10.9. The van der Waals surface area contributed by atoms with E-state index in [-0.39, 0.29) is 25.7 Å². The third-order valence-corrected chi connectivity index (χ3v) is 4.58. The SMILES string of the molecule is O=C(c1csc(-c2cccs2)n1)N(CCO)CCCO. The summed E-state index contributed by atoms with van der Waals surface area (Å²) in [5.41, 5.74) is 0.393. The molecule has 0 aromatic carbocycles. The van der Waals surface area contributed by atoms with E-state index in [1.807, 2.05) is 17.5 Å². The van der Waals surface area contributed by atoms with Gasteiger partial charge in [0.1, 0.15) is 10.7 Å². The Morgan fingerprint density at radius 1 is 1.25 bits per heavy atom. The Balaban J connectivity index is 2.10. The molecule has 0 aliphatic rings. The molecule has 0 unspecified atom stereocenters. The van der Waals surface area contributed by atoms with Gasteiger partial charge in [-0.15, -0.1) is 22.7 Å². The Labute approximate surface area is 125 Å². The summed E-state index contributed by atoms with van der Waals surface area (Å²) in [5, 5.41) is 22.4. The van der Waals surface area contributed by atoms with E-state index in [0.29, 0.717) is 18.7 Å². The zero-order chi connectivity index (χ0) is 14.4. The van der Waals surface area contributed by atoms with Gasteiger partial charge in [0.15, 0.2) is 0 Å². The highest BCUT2D eigenvalue weighted by molar-refractivity contribution is 7.20. The van der Waals surface area contributed by atoms with Crippen molar-refractivity contribution in [2.45, 2.75) is 6.42 Å². The molecule has 2 N–H and O–H groups in total. The fourth-order valence-corrected chi connectivity index (χ4v) is 3.35. The van der Waals surface area contributed by atoms with Crippen molar-refractivity contribution in [1.82, 2.24) is 9.88 Å². The van der Waals surface area contributed by atoms with Gasteiger partial charge in [0.25, 0.3) is 5.91 Å². The van der Waals surface area contributed by atoms with Gasteiger partial charge in [0, 0.05) is 25.1 Å². The van der Waals surface area contributed by atoms with Crippen LogP contribution >= 0.6 is 22.7 Å². The molecular formula is C13H16N2O3S2. The van der Waals surface area contributed by atoms with Crippen LogP contribution < -0.4 is 0 Å². The summed E-state index contributed by atoms with van der Waals surface area (Å²) in [5.74, 6) is -0.202. The number of rotatable bonds is 7. The maximum Gasteiger partial charge on any atom is 0.273 e. The van der Waals surface area contributed by atoms with Crippen LogP contribution in [0, 0.1) is 0 Å². The van der Waals surface area contributed by atoms with Crippen LogP contribution in [0.2, 0.25) is 0 Å². The van der Waals surface area contributed by atoms with Crippen molar-refractivity contribution in [2.24, 2.45) is 0 Å². The largest absolute Gasteiger partial charge is 0.396 e. The summed E-state index contributed by atoms with van der Waals surface area (Å²) in [6.07, 6.45) is 0.494. The monoisotopic (exact) mass is 312 g/mol. The number of aromatic nitrogens is 1. The first-order valence-corrected chi connectivity index (χ1v) is 8.02. The van der Waals surface area contributed by atoms with Crippen molar-refractivity contribution < 1.29 is 15.0 Å². The molecule has 0 spiro atoms. The number of aliphatic hydroxyl groups is 2. The average Bonchev–Trinajstić information content (AvgIpc) is 3.12. The summed E-state index contributed by atoms with van der Waals surface area (Å²) >= 11 is 3.02. The van der Waals surface area contributed by atoms with Crippen LogP contribution in [-0.4, -0.2) is 52.3 Å². The molecule has 1 amide bonds. The van der Waals surface area contributed by atoms with Gasteiger partial charge < -0.3 is 15.1 Å². The third kappa shape index (κ3) is 3.63. The molecule has 2 rings (SSSR count). The van der Waals surface area contributed by atoms with Crippen LogP contribution in [0.5, 0.6) is 0 Å². The minimum absolute atomic E-state index is 0.0206. The molecule has 2 aromatic heterocycles. The number of amides is 1. The fraction of sp³-hybridized carbons (Fsp3) is 0.385. The highest BCUT2D eigenvalue weighted by Gasteiger charge is 2.18. The highest BCUT2D eigenvalue weighted by Crippen LogP contribution is 2.28. The second-order valence-corrected chi connectivity index (χ2v) is 5.91. The van der Waals surface area contributed by atoms with Crippen LogP contribution in [0.25, 0.3) is 9.88 Å². The minimum Gasteiger partial charge on any atom is -0.396 e. The van der Waals surface area contributed by atoms with Crippen molar-refractivity contribution in [3.63, 3.8) is 0 Å². The Morgan fingerprint density at radius 2 is 2.10 bits per heavy atom. The van der Waals surface area contributed by atoms with E-state index in [2.05, 4.69) is 4.98 Å². The van der Waals surface area contributed by atoms with Crippen molar-refractivity contribution in [3.8, 4) is 9.88 Å². The maximum absolute atomic E-state index is 12.3. The van der Waals surface area contributed by atoms with E-state index >= 15 is 0 Å². The van der Waals surface area contributed by atoms with Gasteiger partial charge >= 0.3 is 0 Å². The second-order valence-electron chi connectivity index (χ2n) is 4.11. The molecule has 2 heterocycles. The van der Waals surface area contributed by atoms with Gasteiger partial charge in [-0.1, -0.05) is 6.07 Å². The average molecular weight is 312 g/mol. The highest BCUT2D eigenvalue weighted by atomic mass is 32.1. The number of carbonyl (C=O) groups excluding carboxylic acids is 1. The molecule has 7 heteroatoms. The van der Waals surface area contributed by atoms with Crippen LogP contribution in [-0.2, 0) is 0 Å². The first-order valence-electron chi connectivity index (χ1n) is 6.26. The van der Waals surface area contributed by atoms with Crippen LogP contribution in [0.3, 0.4) is 0 Å². The first-order chi connectivity index (χ1) is 9.76. The molecule has 2 aromatic rings. The van der Waals surface area contributed by atoms with Gasteiger partial charge in [0.05, 0.1) is 11.5 Å². The van der Waals surface area contributed by atoms with E-state index in [1.165, 1.54) is 16.2 Å². The standard InChI is InChI=1S/C13H16N2O3S2/c16-6-2-4-15(5-7-17)13(18)10-9-20-12(14-10)11-3-1-8-19-11/h1,3,8-9,16-17H,2,4-7H2. The number of carbonyl (C=O) groups is 1. The molecule has 0 bridgehead atoms. The predicted octanol–water partition coefficient (Wildman–Crippen LogP) is 1.69. The number of thiazole rings is 1. The Hall–Kier alpha value is -1.28. The maximum atomic E-state index is 12.3. The lowest BCUT2D eigenvalue weighted by atomic mass is 10.3. The molecule has 5 nitrogen and oxygen atoms in total. The predicted molar refractivity (Wildman–Crippen MR) is 80.1 cm³/mol. The van der Waals surface area contributed by atoms with Gasteiger partial charge in [-0.3, -0.25) is 4.79 Å². The molecule has 20 heavy (non-hydrogen) atoms. The summed E-state index contributed by atoms with van der Waals surface area (Å²) in [4.78, 5) is 19.2. The minimum atomic E-state index is -0.202. The van der Waals surface area contributed by atoms with Gasteiger partial charge in [-0.05, 0) is 17.9 Å². The number of nitrogens with zero attached hydrogens (tertiary/aromatic N) is 2. The lowest BCUT2D eigenvalue weighted by Gasteiger charge is -2.20. The van der Waals surface area contributed by atoms with Gasteiger partial charge in [-0.25, -0.2) is 4.98 Å². The molecule has 0 aliphatic heterocycles. The second kappa shape index (κ2) is 7.49. The molecular weight excluding hydrogens is 296 g/mol. The summed E-state index contributed by atoms with van der Waals surface area (Å²) in [6, 6.07) is 3.91. The number of hydrogen-bond donors (Lipinski definition) is 2. The van der Waals surface area contributed by atoms with Crippen LogP contribution in [0.1, 0.15) is 16.9 Å². The molecule has 0 saturated carbocycles. The topological polar surface area (TPSA) is 73.7 Å². The van der Waals surface area contributed by atoms with Crippen molar-refractivity contribution in [2.75, 3.05) is 26.3 Å². The van der Waals surface area contributed by atoms with Crippen LogP contribution in [0.15, 0.2) is 22.9 Å². The van der Waals surface area contributed by atoms with Gasteiger partial charge in [0.2, 0.25) is 0 Å². The number of aliphatic hydroxyl groups excluding tert-OH is 2. The van der Waals surface area contributed by atoms with E-state index in [4.69, 9.17) is 10.2 Å². The Kier molecular flexibility index (Phi) is 5.66. The fourth-order valence-electron chi connectivity index (χ4n) is 1.74. The molecule has 0 saturated heterocycles. The quantitative estimate of drug-likeness (QED) is 0.816. The van der Waals surface area contributed by atoms with Crippen molar-refractivity contribution in [3.05, 3.63) is 28.6 Å². The van der Waals surface area contributed by atoms with E-state index < -0.39 is 0 Å².